The SMILES string of the molecule is COP(=O)(O)CO[C@H]1O[C@@H](n2cnc3c(NC(=O)c4ccccc4)ncnc32)C[C@@H]1O. The van der Waals surface area contributed by atoms with E-state index in [0.717, 1.165) is 7.11 Å². The molecule has 1 aliphatic rings. The third-order valence-electron chi connectivity index (χ3n) is 4.67. The molecule has 0 saturated carbocycles. The van der Waals surface area contributed by atoms with E-state index in [-0.39, 0.29) is 18.1 Å². The molecule has 4 atom stereocenters. The summed E-state index contributed by atoms with van der Waals surface area (Å²) in [4.78, 5) is 34.5. The number of aliphatic hydroxyl groups excluding tert-OH is 1. The van der Waals surface area contributed by atoms with Crippen LogP contribution in [0.2, 0.25) is 0 Å². The molecule has 1 saturated heterocycles. The summed E-state index contributed by atoms with van der Waals surface area (Å²) in [5, 5.41) is 12.9. The Morgan fingerprint density at radius 2 is 2.10 bits per heavy atom. The summed E-state index contributed by atoms with van der Waals surface area (Å²) < 4.78 is 28.5. The molecular formula is C18H20N5O7P. The molecule has 4 rings (SSSR count). The average molecular weight is 449 g/mol. The number of fused-ring (bicyclic) bond motifs is 1. The number of carbonyl (C=O) groups is 1. The highest BCUT2D eigenvalue weighted by Crippen LogP contribution is 2.42. The molecule has 1 aliphatic heterocycles. The maximum Gasteiger partial charge on any atom is 0.353 e. The van der Waals surface area contributed by atoms with Crippen LogP contribution < -0.4 is 5.32 Å². The zero-order valence-electron chi connectivity index (χ0n) is 16.4. The van der Waals surface area contributed by atoms with Gasteiger partial charge in [0.2, 0.25) is 0 Å². The van der Waals surface area contributed by atoms with Gasteiger partial charge in [0.1, 0.15) is 18.7 Å². The lowest BCUT2D eigenvalue weighted by Crippen LogP contribution is -2.24. The molecule has 0 bridgehead atoms. The van der Waals surface area contributed by atoms with Gasteiger partial charge < -0.3 is 29.3 Å². The van der Waals surface area contributed by atoms with Crippen LogP contribution in [-0.4, -0.2) is 61.3 Å². The highest BCUT2D eigenvalue weighted by molar-refractivity contribution is 7.52. The van der Waals surface area contributed by atoms with Gasteiger partial charge >= 0.3 is 7.60 Å². The molecule has 1 unspecified atom stereocenters. The van der Waals surface area contributed by atoms with Gasteiger partial charge in [0.05, 0.1) is 6.33 Å². The molecule has 1 fully saturated rings. The van der Waals surface area contributed by atoms with Gasteiger partial charge in [-0.05, 0) is 12.1 Å². The van der Waals surface area contributed by atoms with E-state index in [1.807, 2.05) is 6.07 Å². The van der Waals surface area contributed by atoms with Crippen LogP contribution in [-0.2, 0) is 18.6 Å². The van der Waals surface area contributed by atoms with Crippen molar-refractivity contribution >= 4 is 30.5 Å². The van der Waals surface area contributed by atoms with Crippen molar-refractivity contribution < 1.29 is 33.4 Å². The van der Waals surface area contributed by atoms with Crippen molar-refractivity contribution in [2.75, 3.05) is 18.8 Å². The summed E-state index contributed by atoms with van der Waals surface area (Å²) in [6.45, 7) is 0. The minimum Gasteiger partial charge on any atom is -0.388 e. The Balaban J connectivity index is 1.52. The van der Waals surface area contributed by atoms with Gasteiger partial charge in [-0.1, -0.05) is 18.2 Å². The molecule has 13 heteroatoms. The molecule has 3 N–H and O–H groups in total. The Morgan fingerprint density at radius 3 is 2.84 bits per heavy atom. The first-order valence-electron chi connectivity index (χ1n) is 9.24. The number of benzene rings is 1. The lowest BCUT2D eigenvalue weighted by molar-refractivity contribution is -0.167. The molecule has 12 nitrogen and oxygen atoms in total. The van der Waals surface area contributed by atoms with E-state index in [2.05, 4.69) is 24.8 Å². The van der Waals surface area contributed by atoms with Crippen molar-refractivity contribution in [3.05, 3.63) is 48.5 Å². The van der Waals surface area contributed by atoms with Crippen LogP contribution in [0.5, 0.6) is 0 Å². The summed E-state index contributed by atoms with van der Waals surface area (Å²) >= 11 is 0. The standard InChI is InChI=1S/C18H20N5O7P/c1-28-31(26,27)10-29-18-12(24)7-13(30-18)23-9-21-14-15(19-8-20-16(14)23)22-17(25)11-5-3-2-4-6-11/h2-6,8-9,12-13,18,24H,7,10H2,1H3,(H,26,27)(H,19,20,22,25)/t12-,13+,18-/m0/s1. The van der Waals surface area contributed by atoms with Crippen molar-refractivity contribution in [3.63, 3.8) is 0 Å². The smallest absolute Gasteiger partial charge is 0.353 e. The van der Waals surface area contributed by atoms with Crippen molar-refractivity contribution in [1.29, 1.82) is 0 Å². The molecule has 3 heterocycles. The number of imidazole rings is 1. The highest BCUT2D eigenvalue weighted by atomic mass is 31.2. The fourth-order valence-electron chi connectivity index (χ4n) is 3.09. The normalized spacial score (nSPS) is 23.0. The second-order valence-electron chi connectivity index (χ2n) is 6.74. The first kappa shape index (κ1) is 21.5. The van der Waals surface area contributed by atoms with E-state index in [1.54, 1.807) is 28.8 Å². The fraction of sp³-hybridized carbons (Fsp3) is 0.333. The monoisotopic (exact) mass is 449 g/mol. The van der Waals surface area contributed by atoms with Crippen LogP contribution in [0.15, 0.2) is 43.0 Å². The zero-order valence-corrected chi connectivity index (χ0v) is 17.3. The lowest BCUT2D eigenvalue weighted by Gasteiger charge is -2.17. The van der Waals surface area contributed by atoms with Gasteiger partial charge in [0.15, 0.2) is 29.6 Å². The summed E-state index contributed by atoms with van der Waals surface area (Å²) in [6, 6.07) is 8.67. The molecule has 31 heavy (non-hydrogen) atoms. The molecule has 1 amide bonds. The summed E-state index contributed by atoms with van der Waals surface area (Å²) in [5.74, 6) is -0.118. The summed E-state index contributed by atoms with van der Waals surface area (Å²) in [6.07, 6.45) is -0.631. The molecule has 164 valence electrons. The van der Waals surface area contributed by atoms with Crippen molar-refractivity contribution in [3.8, 4) is 0 Å². The topological polar surface area (TPSA) is 158 Å². The number of aromatic nitrogens is 4. The van der Waals surface area contributed by atoms with E-state index < -0.39 is 32.6 Å². The number of hydrogen-bond donors (Lipinski definition) is 3. The average Bonchev–Trinajstić information content (AvgIpc) is 3.37. The Kier molecular flexibility index (Phi) is 6.10. The van der Waals surface area contributed by atoms with Crippen LogP contribution in [0, 0.1) is 0 Å². The van der Waals surface area contributed by atoms with Crippen LogP contribution in [0.1, 0.15) is 23.0 Å². The van der Waals surface area contributed by atoms with Crippen molar-refractivity contribution in [2.45, 2.75) is 25.0 Å². The number of anilines is 1. The second-order valence-corrected chi connectivity index (χ2v) is 8.64. The second kappa shape index (κ2) is 8.79. The molecule has 2 aromatic heterocycles. The Morgan fingerprint density at radius 1 is 1.32 bits per heavy atom. The van der Waals surface area contributed by atoms with E-state index in [1.165, 1.54) is 12.7 Å². The van der Waals surface area contributed by atoms with Crippen LogP contribution in [0.25, 0.3) is 11.2 Å². The number of amides is 1. The fourth-order valence-corrected chi connectivity index (χ4v) is 3.53. The third-order valence-corrected chi connectivity index (χ3v) is 5.72. The highest BCUT2D eigenvalue weighted by Gasteiger charge is 2.38. The van der Waals surface area contributed by atoms with Gasteiger partial charge in [0, 0.05) is 19.1 Å². The summed E-state index contributed by atoms with van der Waals surface area (Å²) in [7, 11) is -2.82. The molecule has 0 spiro atoms. The van der Waals surface area contributed by atoms with Crippen LogP contribution >= 0.6 is 7.60 Å². The molecule has 0 aliphatic carbocycles. The van der Waals surface area contributed by atoms with Gasteiger partial charge in [-0.25, -0.2) is 15.0 Å². The minimum absolute atomic E-state index is 0.133. The molecule has 0 radical (unpaired) electrons. The molecule has 3 aromatic rings. The van der Waals surface area contributed by atoms with Gasteiger partial charge in [0.25, 0.3) is 5.91 Å². The van der Waals surface area contributed by atoms with Crippen LogP contribution in [0.3, 0.4) is 0 Å². The zero-order chi connectivity index (χ0) is 22.0. The van der Waals surface area contributed by atoms with E-state index >= 15 is 0 Å². The largest absolute Gasteiger partial charge is 0.388 e. The third kappa shape index (κ3) is 4.64. The molecular weight excluding hydrogens is 429 g/mol. The number of aliphatic hydroxyl groups is 1. The minimum atomic E-state index is -3.91. The van der Waals surface area contributed by atoms with E-state index in [4.69, 9.17) is 9.47 Å². The number of ether oxygens (including phenoxy) is 2. The maximum atomic E-state index is 12.5. The van der Waals surface area contributed by atoms with Crippen molar-refractivity contribution in [2.24, 2.45) is 0 Å². The van der Waals surface area contributed by atoms with Crippen LogP contribution in [0.4, 0.5) is 5.82 Å². The first-order chi connectivity index (χ1) is 14.9. The first-order valence-corrected chi connectivity index (χ1v) is 11.0. The lowest BCUT2D eigenvalue weighted by atomic mass is 10.2. The Hall–Kier alpha value is -2.73. The van der Waals surface area contributed by atoms with Gasteiger partial charge in [-0.3, -0.25) is 13.9 Å². The number of rotatable bonds is 7. The van der Waals surface area contributed by atoms with Gasteiger partial charge in [-0.15, -0.1) is 0 Å². The van der Waals surface area contributed by atoms with E-state index in [9.17, 15) is 19.4 Å². The Bertz CT molecular complexity index is 1120. The number of nitrogens with zero attached hydrogens (tertiary/aromatic N) is 4. The number of nitrogens with one attached hydrogen (secondary N) is 1. The van der Waals surface area contributed by atoms with E-state index in [0.29, 0.717) is 16.7 Å². The maximum absolute atomic E-state index is 12.5. The van der Waals surface area contributed by atoms with Crippen molar-refractivity contribution in [1.82, 2.24) is 19.5 Å². The number of carbonyl (C=O) groups excluding carboxylic acids is 1. The molecule has 1 aromatic carbocycles. The Labute approximate surface area is 176 Å². The predicted molar refractivity (Wildman–Crippen MR) is 107 cm³/mol. The number of hydrogen-bond acceptors (Lipinski definition) is 9. The van der Waals surface area contributed by atoms with Gasteiger partial charge in [-0.2, -0.15) is 0 Å². The predicted octanol–water partition coefficient (Wildman–Crippen LogP) is 1.49. The summed E-state index contributed by atoms with van der Waals surface area (Å²) in [5.41, 5.74) is 1.18. The quantitative estimate of drug-likeness (QED) is 0.451.